The predicted octanol–water partition coefficient (Wildman–Crippen LogP) is 5.31. The fraction of sp³-hybridized carbons (Fsp3) is 0.160. The maximum atomic E-state index is 13.2. The van der Waals surface area contributed by atoms with Crippen LogP contribution in [0.3, 0.4) is 0 Å². The molecule has 2 aromatic heterocycles. The van der Waals surface area contributed by atoms with Gasteiger partial charge in [-0.25, -0.2) is 4.98 Å². The molecule has 0 aliphatic carbocycles. The molecule has 0 saturated carbocycles. The molecule has 0 unspecified atom stereocenters. The molecule has 0 spiro atoms. The van der Waals surface area contributed by atoms with Crippen LogP contribution in [0.15, 0.2) is 83.3 Å². The van der Waals surface area contributed by atoms with Crippen LogP contribution in [0.1, 0.15) is 15.9 Å². The van der Waals surface area contributed by atoms with Crippen molar-refractivity contribution >= 4 is 39.2 Å². The SMILES string of the molecule is C=CCn1c(SCc2ccc(C(=O)N(C)C)cc2)nc2cc(-c3ccccc3)sc2c1=O. The molecule has 5 nitrogen and oxygen atoms in total. The molecule has 0 N–H and O–H groups in total. The molecule has 0 aliphatic heterocycles. The number of hydrogen-bond donors (Lipinski definition) is 0. The summed E-state index contributed by atoms with van der Waals surface area (Å²) < 4.78 is 2.33. The lowest BCUT2D eigenvalue weighted by Gasteiger charge is -2.11. The summed E-state index contributed by atoms with van der Waals surface area (Å²) in [6.45, 7) is 4.20. The Balaban J connectivity index is 1.64. The Morgan fingerprint density at radius 1 is 1.16 bits per heavy atom. The number of rotatable bonds is 7. The third-order valence-electron chi connectivity index (χ3n) is 4.94. The summed E-state index contributed by atoms with van der Waals surface area (Å²) in [5, 5.41) is 0.660. The van der Waals surface area contributed by atoms with Crippen LogP contribution in [-0.4, -0.2) is 34.5 Å². The first-order valence-electron chi connectivity index (χ1n) is 10.1. The average molecular weight is 462 g/mol. The zero-order valence-corrected chi connectivity index (χ0v) is 19.6. The van der Waals surface area contributed by atoms with Gasteiger partial charge in [0, 0.05) is 36.8 Å². The highest BCUT2D eigenvalue weighted by molar-refractivity contribution is 7.98. The van der Waals surface area contributed by atoms with Crippen molar-refractivity contribution in [2.45, 2.75) is 17.5 Å². The Morgan fingerprint density at radius 2 is 1.88 bits per heavy atom. The largest absolute Gasteiger partial charge is 0.345 e. The number of carbonyl (C=O) groups excluding carboxylic acids is 1. The third kappa shape index (κ3) is 4.54. The van der Waals surface area contributed by atoms with Crippen LogP contribution in [0.4, 0.5) is 0 Å². The van der Waals surface area contributed by atoms with E-state index in [4.69, 9.17) is 4.98 Å². The maximum absolute atomic E-state index is 13.2. The maximum Gasteiger partial charge on any atom is 0.272 e. The predicted molar refractivity (Wildman–Crippen MR) is 134 cm³/mol. The number of carbonyl (C=O) groups is 1. The van der Waals surface area contributed by atoms with Gasteiger partial charge in [0.1, 0.15) is 4.70 Å². The lowest BCUT2D eigenvalue weighted by molar-refractivity contribution is 0.0827. The first kappa shape index (κ1) is 22.0. The van der Waals surface area contributed by atoms with Crippen LogP contribution in [0.5, 0.6) is 0 Å². The van der Waals surface area contributed by atoms with Gasteiger partial charge in [-0.3, -0.25) is 14.2 Å². The van der Waals surface area contributed by atoms with Gasteiger partial charge in [0.25, 0.3) is 11.5 Å². The normalized spacial score (nSPS) is 10.9. The molecule has 4 rings (SSSR count). The quantitative estimate of drug-likeness (QED) is 0.213. The smallest absolute Gasteiger partial charge is 0.272 e. The Hall–Kier alpha value is -3.16. The first-order valence-corrected chi connectivity index (χ1v) is 11.9. The molecule has 32 heavy (non-hydrogen) atoms. The van der Waals surface area contributed by atoms with Crippen LogP contribution in [0.25, 0.3) is 20.7 Å². The van der Waals surface area contributed by atoms with E-state index < -0.39 is 0 Å². The number of allylic oxidation sites excluding steroid dienone is 1. The van der Waals surface area contributed by atoms with Crippen molar-refractivity contribution in [3.63, 3.8) is 0 Å². The van der Waals surface area contributed by atoms with E-state index in [2.05, 4.69) is 6.58 Å². The molecule has 2 aromatic carbocycles. The van der Waals surface area contributed by atoms with E-state index in [-0.39, 0.29) is 11.5 Å². The van der Waals surface area contributed by atoms with Crippen molar-refractivity contribution in [3.8, 4) is 10.4 Å². The second-order valence-corrected chi connectivity index (χ2v) is 9.47. The van der Waals surface area contributed by atoms with E-state index in [0.717, 1.165) is 16.0 Å². The molecular formula is C25H23N3O2S2. The monoisotopic (exact) mass is 461 g/mol. The van der Waals surface area contributed by atoms with Crippen LogP contribution in [0, 0.1) is 0 Å². The Bertz CT molecular complexity index is 1320. The molecule has 2 heterocycles. The van der Waals surface area contributed by atoms with E-state index >= 15 is 0 Å². The summed E-state index contributed by atoms with van der Waals surface area (Å²) in [6, 6.07) is 19.6. The van der Waals surface area contributed by atoms with Gasteiger partial charge in [0.15, 0.2) is 5.16 Å². The molecule has 0 aliphatic rings. The molecule has 0 bridgehead atoms. The molecule has 7 heteroatoms. The van der Waals surface area contributed by atoms with E-state index in [1.165, 1.54) is 23.1 Å². The zero-order chi connectivity index (χ0) is 22.7. The van der Waals surface area contributed by atoms with Crippen LogP contribution in [0.2, 0.25) is 0 Å². The van der Waals surface area contributed by atoms with Crippen molar-refractivity contribution in [2.75, 3.05) is 14.1 Å². The second-order valence-electron chi connectivity index (χ2n) is 7.48. The summed E-state index contributed by atoms with van der Waals surface area (Å²) in [5.41, 5.74) is 3.45. The van der Waals surface area contributed by atoms with Crippen LogP contribution < -0.4 is 5.56 Å². The number of hydrogen-bond acceptors (Lipinski definition) is 5. The molecule has 0 radical (unpaired) electrons. The van der Waals surface area contributed by atoms with Gasteiger partial charge in [-0.1, -0.05) is 60.3 Å². The summed E-state index contributed by atoms with van der Waals surface area (Å²) >= 11 is 2.98. The number of fused-ring (bicyclic) bond motifs is 1. The lowest BCUT2D eigenvalue weighted by Crippen LogP contribution is -2.22. The summed E-state index contributed by atoms with van der Waals surface area (Å²) in [5.74, 6) is 0.615. The summed E-state index contributed by atoms with van der Waals surface area (Å²) in [6.07, 6.45) is 1.71. The lowest BCUT2D eigenvalue weighted by atomic mass is 10.1. The minimum Gasteiger partial charge on any atom is -0.345 e. The molecular weight excluding hydrogens is 438 g/mol. The minimum atomic E-state index is -0.0449. The second kappa shape index (κ2) is 9.54. The average Bonchev–Trinajstić information content (AvgIpc) is 3.25. The topological polar surface area (TPSA) is 55.2 Å². The summed E-state index contributed by atoms with van der Waals surface area (Å²) in [7, 11) is 3.47. The van der Waals surface area contributed by atoms with Gasteiger partial charge in [-0.2, -0.15) is 0 Å². The van der Waals surface area contributed by atoms with Crippen molar-refractivity contribution in [2.24, 2.45) is 0 Å². The number of amides is 1. The molecule has 4 aromatic rings. The van der Waals surface area contributed by atoms with Crippen molar-refractivity contribution in [1.29, 1.82) is 0 Å². The molecule has 0 atom stereocenters. The number of nitrogens with zero attached hydrogens (tertiary/aromatic N) is 3. The van der Waals surface area contributed by atoms with E-state index in [9.17, 15) is 9.59 Å². The van der Waals surface area contributed by atoms with E-state index in [1.54, 1.807) is 29.6 Å². The van der Waals surface area contributed by atoms with Crippen LogP contribution in [-0.2, 0) is 12.3 Å². The Morgan fingerprint density at radius 3 is 2.53 bits per heavy atom. The van der Waals surface area contributed by atoms with Gasteiger partial charge in [-0.15, -0.1) is 17.9 Å². The molecule has 1 amide bonds. The molecule has 0 fully saturated rings. The van der Waals surface area contributed by atoms with Crippen molar-refractivity contribution in [3.05, 3.63) is 94.8 Å². The zero-order valence-electron chi connectivity index (χ0n) is 17.9. The van der Waals surface area contributed by atoms with Gasteiger partial charge in [-0.05, 0) is 29.3 Å². The van der Waals surface area contributed by atoms with E-state index in [0.29, 0.717) is 33.2 Å². The fourth-order valence-electron chi connectivity index (χ4n) is 3.29. The number of thioether (sulfide) groups is 1. The van der Waals surface area contributed by atoms with Gasteiger partial charge >= 0.3 is 0 Å². The Labute approximate surface area is 195 Å². The van der Waals surface area contributed by atoms with Gasteiger partial charge in [0.2, 0.25) is 0 Å². The molecule has 0 saturated heterocycles. The van der Waals surface area contributed by atoms with E-state index in [1.807, 2.05) is 60.7 Å². The number of aromatic nitrogens is 2. The highest BCUT2D eigenvalue weighted by Crippen LogP contribution is 2.32. The highest BCUT2D eigenvalue weighted by atomic mass is 32.2. The van der Waals surface area contributed by atoms with Gasteiger partial charge < -0.3 is 4.90 Å². The number of thiophene rings is 1. The number of benzene rings is 2. The highest BCUT2D eigenvalue weighted by Gasteiger charge is 2.15. The molecule has 162 valence electrons. The first-order chi connectivity index (χ1) is 15.5. The van der Waals surface area contributed by atoms with Gasteiger partial charge in [0.05, 0.1) is 5.52 Å². The standard InChI is InChI=1S/C25H23N3O2S2/c1-4-14-28-24(30)22-20(15-21(32-22)18-8-6-5-7-9-18)26-25(28)31-16-17-10-12-19(13-11-17)23(29)27(2)3/h4-13,15H,1,14,16H2,2-3H3. The summed E-state index contributed by atoms with van der Waals surface area (Å²) in [4.78, 5) is 32.7. The van der Waals surface area contributed by atoms with Crippen molar-refractivity contribution < 1.29 is 4.79 Å². The van der Waals surface area contributed by atoms with Crippen molar-refractivity contribution in [1.82, 2.24) is 14.5 Å². The minimum absolute atomic E-state index is 0.0252. The van der Waals surface area contributed by atoms with Crippen LogP contribution >= 0.6 is 23.1 Å². The third-order valence-corrected chi connectivity index (χ3v) is 7.15. The Kier molecular flexibility index (Phi) is 6.58. The fourth-order valence-corrected chi connectivity index (χ4v) is 5.30.